The molecule has 0 bridgehead atoms. The Morgan fingerprint density at radius 2 is 1.93 bits per heavy atom. The first-order valence-electron chi connectivity index (χ1n) is 8.07. The number of nitrogens with one attached hydrogen (secondary N) is 3. The molecule has 1 amide bonds. The minimum absolute atomic E-state index is 0.0165. The van der Waals surface area contributed by atoms with Crippen molar-refractivity contribution >= 4 is 27.5 Å². The molecular weight excluding hydrogens is 371 g/mol. The van der Waals surface area contributed by atoms with Gasteiger partial charge in [-0.3, -0.25) is 10.2 Å². The molecule has 0 aromatic heterocycles. The Labute approximate surface area is 157 Å². The van der Waals surface area contributed by atoms with Crippen molar-refractivity contribution in [3.05, 3.63) is 59.4 Å². The van der Waals surface area contributed by atoms with Gasteiger partial charge in [-0.05, 0) is 43.2 Å². The van der Waals surface area contributed by atoms with Crippen molar-refractivity contribution in [1.82, 2.24) is 5.32 Å². The summed E-state index contributed by atoms with van der Waals surface area (Å²) in [5, 5.41) is 18.1. The van der Waals surface area contributed by atoms with Gasteiger partial charge in [0.25, 0.3) is 0 Å². The van der Waals surface area contributed by atoms with Gasteiger partial charge in [0.1, 0.15) is 11.9 Å². The van der Waals surface area contributed by atoms with Gasteiger partial charge in [-0.25, -0.2) is 17.9 Å². The molecule has 0 spiro atoms. The smallest absolute Gasteiger partial charge is 0.247 e. The second kappa shape index (κ2) is 8.28. The molecule has 0 aliphatic heterocycles. The molecule has 0 fully saturated rings. The highest BCUT2D eigenvalue weighted by Crippen LogP contribution is 2.20. The molecule has 0 unspecified atom stereocenters. The maximum Gasteiger partial charge on any atom is 0.247 e. The molecule has 0 saturated carbocycles. The minimum Gasteiger partial charge on any atom is -0.362 e. The number of carbonyl (C=O) groups excluding carboxylic acids is 1. The number of halogens is 1. The SMILES string of the molecule is CC(=N)N[C@H](Cc1ccccc1F)C(=O)Nc1cc(S(N)(=O)=O)ccc1C. The molecule has 27 heavy (non-hydrogen) atoms. The Morgan fingerprint density at radius 1 is 1.26 bits per heavy atom. The van der Waals surface area contributed by atoms with Crippen molar-refractivity contribution < 1.29 is 17.6 Å². The number of sulfonamides is 1. The largest absolute Gasteiger partial charge is 0.362 e. The van der Waals surface area contributed by atoms with Crippen LogP contribution in [0.3, 0.4) is 0 Å². The normalized spacial score (nSPS) is 12.3. The molecule has 9 heteroatoms. The summed E-state index contributed by atoms with van der Waals surface area (Å²) in [4.78, 5) is 12.6. The number of aryl methyl sites for hydroxylation is 1. The minimum atomic E-state index is -3.92. The van der Waals surface area contributed by atoms with Crippen LogP contribution in [0.25, 0.3) is 0 Å². The Balaban J connectivity index is 2.28. The summed E-state index contributed by atoms with van der Waals surface area (Å²) in [5.74, 6) is -0.937. The molecule has 2 aromatic rings. The Kier molecular flexibility index (Phi) is 6.29. The van der Waals surface area contributed by atoms with Crippen LogP contribution >= 0.6 is 0 Å². The maximum absolute atomic E-state index is 13.9. The third kappa shape index (κ3) is 5.60. The number of hydrogen-bond donors (Lipinski definition) is 4. The van der Waals surface area contributed by atoms with Crippen LogP contribution in [-0.2, 0) is 21.2 Å². The summed E-state index contributed by atoms with van der Waals surface area (Å²) in [6.45, 7) is 3.16. The number of carbonyl (C=O) groups is 1. The Bertz CT molecular complexity index is 976. The summed E-state index contributed by atoms with van der Waals surface area (Å²) >= 11 is 0. The van der Waals surface area contributed by atoms with Crippen LogP contribution in [-0.4, -0.2) is 26.2 Å². The van der Waals surface area contributed by atoms with Gasteiger partial charge in [0.15, 0.2) is 0 Å². The molecule has 2 aromatic carbocycles. The van der Waals surface area contributed by atoms with Gasteiger partial charge >= 0.3 is 0 Å². The molecule has 0 radical (unpaired) electrons. The quantitative estimate of drug-likeness (QED) is 0.443. The van der Waals surface area contributed by atoms with E-state index in [1.54, 1.807) is 25.1 Å². The number of primary sulfonamides is 1. The van der Waals surface area contributed by atoms with Crippen molar-refractivity contribution in [2.75, 3.05) is 5.32 Å². The zero-order valence-electron chi connectivity index (χ0n) is 14.9. The molecule has 144 valence electrons. The number of rotatable bonds is 6. The van der Waals surface area contributed by atoms with E-state index in [1.807, 2.05) is 0 Å². The predicted octanol–water partition coefficient (Wildman–Crippen LogP) is 1.92. The van der Waals surface area contributed by atoms with Gasteiger partial charge in [0, 0.05) is 12.1 Å². The molecule has 5 N–H and O–H groups in total. The molecule has 0 heterocycles. The summed E-state index contributed by atoms with van der Waals surface area (Å²) in [6, 6.07) is 9.27. The standard InChI is InChI=1S/C18H21FN4O3S/c1-11-7-8-14(27(21,25)26)10-16(11)23-18(24)17(22-12(2)20)9-13-5-3-4-6-15(13)19/h3-8,10,17H,9H2,1-2H3,(H2,20,22)(H,23,24)(H2,21,25,26)/t17-/m1/s1. The lowest BCUT2D eigenvalue weighted by atomic mass is 10.0. The van der Waals surface area contributed by atoms with Crippen molar-refractivity contribution in [1.29, 1.82) is 5.41 Å². The van der Waals surface area contributed by atoms with E-state index in [0.29, 0.717) is 11.1 Å². The van der Waals surface area contributed by atoms with E-state index in [4.69, 9.17) is 10.5 Å². The number of amidine groups is 1. The number of benzene rings is 2. The van der Waals surface area contributed by atoms with Crippen LogP contribution in [0.4, 0.5) is 10.1 Å². The van der Waals surface area contributed by atoms with Crippen LogP contribution in [0.15, 0.2) is 47.4 Å². The van der Waals surface area contributed by atoms with Gasteiger partial charge in [-0.2, -0.15) is 0 Å². The first-order chi connectivity index (χ1) is 12.6. The van der Waals surface area contributed by atoms with E-state index in [-0.39, 0.29) is 22.8 Å². The molecule has 0 saturated heterocycles. The monoisotopic (exact) mass is 392 g/mol. The van der Waals surface area contributed by atoms with E-state index in [9.17, 15) is 17.6 Å². The van der Waals surface area contributed by atoms with Crippen LogP contribution in [0.5, 0.6) is 0 Å². The molecule has 0 aliphatic rings. The third-order valence-electron chi connectivity index (χ3n) is 3.88. The van der Waals surface area contributed by atoms with E-state index in [0.717, 1.165) is 0 Å². The number of amides is 1. The second-order valence-corrected chi connectivity index (χ2v) is 7.69. The van der Waals surface area contributed by atoms with Crippen LogP contribution in [0.1, 0.15) is 18.1 Å². The predicted molar refractivity (Wildman–Crippen MR) is 102 cm³/mol. The second-order valence-electron chi connectivity index (χ2n) is 6.13. The zero-order chi connectivity index (χ0) is 20.2. The van der Waals surface area contributed by atoms with Crippen LogP contribution in [0.2, 0.25) is 0 Å². The molecular formula is C18H21FN4O3S. The van der Waals surface area contributed by atoms with Gasteiger partial charge in [0.05, 0.1) is 10.7 Å². The summed E-state index contributed by atoms with van der Waals surface area (Å²) in [6.07, 6.45) is 0.0165. The van der Waals surface area contributed by atoms with E-state index in [1.165, 1.54) is 31.2 Å². The van der Waals surface area contributed by atoms with Crippen LogP contribution in [0, 0.1) is 18.2 Å². The van der Waals surface area contributed by atoms with Gasteiger partial charge in [0.2, 0.25) is 15.9 Å². The molecule has 1 atom stereocenters. The summed E-state index contributed by atoms with van der Waals surface area (Å²) in [5.41, 5.74) is 1.22. The lowest BCUT2D eigenvalue weighted by Crippen LogP contribution is -2.44. The first kappa shape index (κ1) is 20.5. The molecule has 7 nitrogen and oxygen atoms in total. The van der Waals surface area contributed by atoms with Crippen LogP contribution < -0.4 is 15.8 Å². The molecule has 2 rings (SSSR count). The lowest BCUT2D eigenvalue weighted by Gasteiger charge is -2.20. The van der Waals surface area contributed by atoms with Gasteiger partial charge < -0.3 is 10.6 Å². The van der Waals surface area contributed by atoms with E-state index >= 15 is 0 Å². The number of hydrogen-bond acceptors (Lipinski definition) is 4. The van der Waals surface area contributed by atoms with Crippen molar-refractivity contribution in [2.45, 2.75) is 31.2 Å². The van der Waals surface area contributed by atoms with Crippen molar-refractivity contribution in [2.24, 2.45) is 5.14 Å². The highest BCUT2D eigenvalue weighted by Gasteiger charge is 2.22. The van der Waals surface area contributed by atoms with E-state index < -0.39 is 27.8 Å². The van der Waals surface area contributed by atoms with Gasteiger partial charge in [-0.1, -0.05) is 24.3 Å². The first-order valence-corrected chi connectivity index (χ1v) is 9.62. The maximum atomic E-state index is 13.9. The summed E-state index contributed by atoms with van der Waals surface area (Å²) < 4.78 is 37.0. The Hall–Kier alpha value is -2.78. The van der Waals surface area contributed by atoms with Gasteiger partial charge in [-0.15, -0.1) is 0 Å². The summed E-state index contributed by atoms with van der Waals surface area (Å²) in [7, 11) is -3.92. The lowest BCUT2D eigenvalue weighted by molar-refractivity contribution is -0.117. The average Bonchev–Trinajstić information content (AvgIpc) is 2.56. The van der Waals surface area contributed by atoms with E-state index in [2.05, 4.69) is 10.6 Å². The Morgan fingerprint density at radius 3 is 2.52 bits per heavy atom. The number of nitrogens with two attached hydrogens (primary N) is 1. The number of anilines is 1. The molecule has 0 aliphatic carbocycles. The highest BCUT2D eigenvalue weighted by atomic mass is 32.2. The fourth-order valence-electron chi connectivity index (χ4n) is 2.49. The fraction of sp³-hybridized carbons (Fsp3) is 0.222. The fourth-order valence-corrected chi connectivity index (χ4v) is 3.03. The highest BCUT2D eigenvalue weighted by molar-refractivity contribution is 7.89. The van der Waals surface area contributed by atoms with Crippen molar-refractivity contribution in [3.8, 4) is 0 Å². The zero-order valence-corrected chi connectivity index (χ0v) is 15.7. The average molecular weight is 392 g/mol. The van der Waals surface area contributed by atoms with Crippen molar-refractivity contribution in [3.63, 3.8) is 0 Å². The topological polar surface area (TPSA) is 125 Å². The third-order valence-corrected chi connectivity index (χ3v) is 4.80.